The van der Waals surface area contributed by atoms with Gasteiger partial charge in [0.15, 0.2) is 0 Å². The predicted octanol–water partition coefficient (Wildman–Crippen LogP) is 3.25. The van der Waals surface area contributed by atoms with Crippen molar-refractivity contribution in [2.24, 2.45) is 7.05 Å². The molecule has 4 aromatic rings. The summed E-state index contributed by atoms with van der Waals surface area (Å²) in [7, 11) is 1.74. The zero-order valence-corrected chi connectivity index (χ0v) is 18.7. The third-order valence-electron chi connectivity index (χ3n) is 5.95. The number of nitrogens with zero attached hydrogens (tertiary/aromatic N) is 5. The van der Waals surface area contributed by atoms with Crippen molar-refractivity contribution in [1.29, 1.82) is 0 Å². The first-order chi connectivity index (χ1) is 16.4. The van der Waals surface area contributed by atoms with E-state index in [2.05, 4.69) is 21.0 Å². The molecule has 5 rings (SSSR count). The number of nitrogens with two attached hydrogens (primary N) is 1. The largest absolute Gasteiger partial charge is 0.383 e. The number of aromatic nitrogens is 4. The van der Waals surface area contributed by atoms with Crippen LogP contribution in [0.25, 0.3) is 10.9 Å². The number of rotatable bonds is 4. The molecule has 1 amide bonds. The van der Waals surface area contributed by atoms with E-state index in [1.165, 1.54) is 17.2 Å². The van der Waals surface area contributed by atoms with Crippen LogP contribution in [-0.2, 0) is 31.5 Å². The summed E-state index contributed by atoms with van der Waals surface area (Å²) >= 11 is 0. The molecule has 0 saturated carbocycles. The van der Waals surface area contributed by atoms with Gasteiger partial charge in [-0.2, -0.15) is 5.10 Å². The molecule has 0 spiro atoms. The van der Waals surface area contributed by atoms with Gasteiger partial charge < -0.3 is 10.5 Å². The molecule has 1 aromatic carbocycles. The second kappa shape index (κ2) is 8.24. The number of hydrogen-bond acceptors (Lipinski definition) is 6. The molecule has 2 N–H and O–H groups in total. The van der Waals surface area contributed by atoms with Gasteiger partial charge in [0.25, 0.3) is 5.91 Å². The number of ether oxygens (including phenoxy) is 1. The van der Waals surface area contributed by atoms with E-state index in [1.807, 2.05) is 19.1 Å². The Balaban J connectivity index is 1.61. The van der Waals surface area contributed by atoms with Crippen LogP contribution in [0, 0.1) is 25.1 Å². The molecule has 1 aliphatic rings. The van der Waals surface area contributed by atoms with Crippen LogP contribution in [0.15, 0.2) is 36.8 Å². The number of benzene rings is 1. The number of carbonyl (C=O) groups is 1. The number of terminal acetylenes is 1. The summed E-state index contributed by atoms with van der Waals surface area (Å²) in [5, 5.41) is 4.99. The highest BCUT2D eigenvalue weighted by atomic mass is 19.1. The van der Waals surface area contributed by atoms with Crippen molar-refractivity contribution in [2.45, 2.75) is 26.7 Å². The van der Waals surface area contributed by atoms with Gasteiger partial charge in [-0.3, -0.25) is 19.4 Å². The van der Waals surface area contributed by atoms with Crippen LogP contribution >= 0.6 is 0 Å². The molecular formula is C25H21FN6O2. The van der Waals surface area contributed by atoms with Gasteiger partial charge in [0.1, 0.15) is 11.6 Å². The highest BCUT2D eigenvalue weighted by Crippen LogP contribution is 2.33. The molecule has 0 radical (unpaired) electrons. The number of nitrogen functional groups attached to an aromatic ring is 1. The standard InChI is InChI=1S/C25H21FN6O2/c1-4-15-6-21(26)23(28-8-15)11-32(16-9-29-31(3)10-16)25(33)17-7-18-19-12-34-13-20(19)24(27)30-22(18)5-14(17)2/h1,5-10H,11-13H2,2-3H3,(H2,27,30). The normalized spacial score (nSPS) is 12.5. The summed E-state index contributed by atoms with van der Waals surface area (Å²) in [6.07, 6.45) is 9.99. The Labute approximate surface area is 195 Å². The second-order valence-electron chi connectivity index (χ2n) is 8.19. The van der Waals surface area contributed by atoms with E-state index in [-0.39, 0.29) is 18.1 Å². The van der Waals surface area contributed by atoms with E-state index in [1.54, 1.807) is 24.1 Å². The van der Waals surface area contributed by atoms with Crippen LogP contribution in [0.3, 0.4) is 0 Å². The van der Waals surface area contributed by atoms with Crippen molar-refractivity contribution in [1.82, 2.24) is 19.7 Å². The number of anilines is 2. The lowest BCUT2D eigenvalue weighted by molar-refractivity contribution is 0.0984. The fraction of sp³-hybridized carbons (Fsp3) is 0.200. The molecule has 1 aliphatic heterocycles. The topological polar surface area (TPSA) is 99.2 Å². The smallest absolute Gasteiger partial charge is 0.259 e. The van der Waals surface area contributed by atoms with Gasteiger partial charge >= 0.3 is 0 Å². The number of aryl methyl sites for hydroxylation is 2. The molecule has 0 unspecified atom stereocenters. The summed E-state index contributed by atoms with van der Waals surface area (Å²) in [5.74, 6) is 1.90. The molecule has 0 bridgehead atoms. The third kappa shape index (κ3) is 3.64. The zero-order valence-electron chi connectivity index (χ0n) is 18.7. The van der Waals surface area contributed by atoms with Gasteiger partial charge in [0.05, 0.1) is 42.9 Å². The lowest BCUT2D eigenvalue weighted by atomic mass is 9.98. The van der Waals surface area contributed by atoms with Gasteiger partial charge in [-0.25, -0.2) is 9.37 Å². The molecular weight excluding hydrogens is 435 g/mol. The minimum absolute atomic E-state index is 0.0957. The fourth-order valence-corrected chi connectivity index (χ4v) is 4.14. The van der Waals surface area contributed by atoms with Gasteiger partial charge in [0.2, 0.25) is 0 Å². The number of halogens is 1. The Kier molecular flexibility index (Phi) is 5.23. The SMILES string of the molecule is C#Cc1cnc(CN(C(=O)c2cc3c4c(c(N)nc3cc2C)COC4)c2cnn(C)c2)c(F)c1. The highest BCUT2D eigenvalue weighted by molar-refractivity contribution is 6.09. The molecule has 9 heteroatoms. The first kappa shape index (κ1) is 21.6. The van der Waals surface area contributed by atoms with Gasteiger partial charge in [-0.15, -0.1) is 6.42 Å². The molecule has 3 aromatic heterocycles. The van der Waals surface area contributed by atoms with Crippen LogP contribution < -0.4 is 10.6 Å². The van der Waals surface area contributed by atoms with E-state index in [4.69, 9.17) is 16.9 Å². The highest BCUT2D eigenvalue weighted by Gasteiger charge is 2.26. The van der Waals surface area contributed by atoms with Crippen LogP contribution in [0.2, 0.25) is 0 Å². The molecule has 170 valence electrons. The van der Waals surface area contributed by atoms with Gasteiger partial charge in [0, 0.05) is 41.5 Å². The Bertz CT molecular complexity index is 1500. The summed E-state index contributed by atoms with van der Waals surface area (Å²) < 4.78 is 21.9. The van der Waals surface area contributed by atoms with Crippen molar-refractivity contribution in [3.05, 3.63) is 76.1 Å². The van der Waals surface area contributed by atoms with Crippen molar-refractivity contribution < 1.29 is 13.9 Å². The van der Waals surface area contributed by atoms with Crippen molar-refractivity contribution >= 4 is 28.3 Å². The lowest BCUT2D eigenvalue weighted by Crippen LogP contribution is -2.31. The number of pyridine rings is 2. The molecule has 0 atom stereocenters. The molecule has 4 heterocycles. The Morgan fingerprint density at radius 2 is 2.09 bits per heavy atom. The van der Waals surface area contributed by atoms with Crippen LogP contribution in [0.5, 0.6) is 0 Å². The van der Waals surface area contributed by atoms with E-state index in [0.717, 1.165) is 16.5 Å². The second-order valence-corrected chi connectivity index (χ2v) is 8.19. The summed E-state index contributed by atoms with van der Waals surface area (Å²) in [4.78, 5) is 23.9. The predicted molar refractivity (Wildman–Crippen MR) is 125 cm³/mol. The Morgan fingerprint density at radius 3 is 2.79 bits per heavy atom. The molecule has 34 heavy (non-hydrogen) atoms. The lowest BCUT2D eigenvalue weighted by Gasteiger charge is -2.22. The minimum atomic E-state index is -0.581. The van der Waals surface area contributed by atoms with E-state index >= 15 is 0 Å². The van der Waals surface area contributed by atoms with E-state index < -0.39 is 5.82 Å². The molecule has 0 saturated heterocycles. The first-order valence-electron chi connectivity index (χ1n) is 10.6. The van der Waals surface area contributed by atoms with Crippen LogP contribution in [0.4, 0.5) is 15.9 Å². The van der Waals surface area contributed by atoms with Crippen LogP contribution in [0.1, 0.15) is 38.3 Å². The zero-order chi connectivity index (χ0) is 24.0. The molecule has 8 nitrogen and oxygen atoms in total. The number of hydrogen-bond donors (Lipinski definition) is 1. The fourth-order valence-electron chi connectivity index (χ4n) is 4.14. The number of amides is 1. The first-order valence-corrected chi connectivity index (χ1v) is 10.6. The van der Waals surface area contributed by atoms with E-state index in [9.17, 15) is 9.18 Å². The van der Waals surface area contributed by atoms with Crippen molar-refractivity contribution in [2.75, 3.05) is 10.6 Å². The Morgan fingerprint density at radius 1 is 1.29 bits per heavy atom. The van der Waals surface area contributed by atoms with Crippen molar-refractivity contribution in [3.63, 3.8) is 0 Å². The maximum absolute atomic E-state index is 14.7. The van der Waals surface area contributed by atoms with Crippen LogP contribution in [-0.4, -0.2) is 25.7 Å². The Hall–Kier alpha value is -4.29. The molecule has 0 aliphatic carbocycles. The third-order valence-corrected chi connectivity index (χ3v) is 5.95. The quantitative estimate of drug-likeness (QED) is 0.474. The van der Waals surface area contributed by atoms with Gasteiger partial charge in [-0.05, 0) is 36.2 Å². The average Bonchev–Trinajstić information content (AvgIpc) is 3.47. The number of carbonyl (C=O) groups excluding carboxylic acids is 1. The minimum Gasteiger partial charge on any atom is -0.383 e. The monoisotopic (exact) mass is 456 g/mol. The van der Waals surface area contributed by atoms with Gasteiger partial charge in [-0.1, -0.05) is 5.92 Å². The number of fused-ring (bicyclic) bond motifs is 3. The maximum Gasteiger partial charge on any atom is 0.259 e. The summed E-state index contributed by atoms with van der Waals surface area (Å²) in [6.45, 7) is 2.52. The maximum atomic E-state index is 14.7. The molecule has 0 fully saturated rings. The average molecular weight is 456 g/mol. The summed E-state index contributed by atoms with van der Waals surface area (Å²) in [6, 6.07) is 4.87. The van der Waals surface area contributed by atoms with Crippen molar-refractivity contribution in [3.8, 4) is 12.3 Å². The summed E-state index contributed by atoms with van der Waals surface area (Å²) in [5.41, 5.74) is 10.7. The van der Waals surface area contributed by atoms with E-state index in [0.29, 0.717) is 46.9 Å².